The van der Waals surface area contributed by atoms with E-state index in [0.717, 1.165) is 24.1 Å². The summed E-state index contributed by atoms with van der Waals surface area (Å²) in [6, 6.07) is 8.69. The summed E-state index contributed by atoms with van der Waals surface area (Å²) in [5, 5.41) is 3.72. The molecule has 118 valence electrons. The van der Waals surface area contributed by atoms with Gasteiger partial charge in [-0.2, -0.15) is 0 Å². The van der Waals surface area contributed by atoms with Crippen molar-refractivity contribution in [2.24, 2.45) is 11.8 Å². The second kappa shape index (κ2) is 6.00. The van der Waals surface area contributed by atoms with Crippen molar-refractivity contribution in [2.75, 3.05) is 13.7 Å². The number of ether oxygens (including phenoxy) is 1. The summed E-state index contributed by atoms with van der Waals surface area (Å²) in [5.41, 5.74) is 1.92. The van der Waals surface area contributed by atoms with Crippen LogP contribution in [-0.4, -0.2) is 19.2 Å². The van der Waals surface area contributed by atoms with Gasteiger partial charge in [-0.25, -0.2) is 0 Å². The van der Waals surface area contributed by atoms with Crippen molar-refractivity contribution in [1.82, 2.24) is 5.32 Å². The van der Waals surface area contributed by atoms with Crippen LogP contribution in [0.15, 0.2) is 24.3 Å². The molecule has 1 fully saturated rings. The Bertz CT molecular complexity index is 449. The molecule has 0 aliphatic heterocycles. The highest BCUT2D eigenvalue weighted by molar-refractivity contribution is 5.35. The van der Waals surface area contributed by atoms with Crippen molar-refractivity contribution < 1.29 is 4.74 Å². The van der Waals surface area contributed by atoms with Crippen LogP contribution in [0.25, 0.3) is 0 Å². The molecule has 0 atom stereocenters. The Kier molecular flexibility index (Phi) is 4.67. The second-order valence-corrected chi connectivity index (χ2v) is 8.02. The fourth-order valence-electron chi connectivity index (χ4n) is 3.28. The molecule has 0 amide bonds. The Morgan fingerprint density at radius 2 is 1.76 bits per heavy atom. The molecule has 1 aromatic carbocycles. The topological polar surface area (TPSA) is 21.3 Å². The normalized spacial score (nSPS) is 25.8. The molecule has 0 saturated heterocycles. The molecule has 1 aromatic rings. The Morgan fingerprint density at radius 3 is 2.19 bits per heavy atom. The van der Waals surface area contributed by atoms with Crippen LogP contribution in [-0.2, 0) is 5.41 Å². The summed E-state index contributed by atoms with van der Waals surface area (Å²) in [6.07, 6.45) is 2.58. The number of methoxy groups -OCH3 is 1. The van der Waals surface area contributed by atoms with Gasteiger partial charge in [0.1, 0.15) is 5.75 Å². The molecule has 0 heterocycles. The van der Waals surface area contributed by atoms with Crippen LogP contribution in [0.4, 0.5) is 0 Å². The lowest BCUT2D eigenvalue weighted by atomic mass is 9.55. The third-order valence-electron chi connectivity index (χ3n) is 4.91. The van der Waals surface area contributed by atoms with Gasteiger partial charge in [0.15, 0.2) is 0 Å². The monoisotopic (exact) mass is 289 g/mol. The van der Waals surface area contributed by atoms with Crippen LogP contribution in [0, 0.1) is 11.8 Å². The zero-order chi connectivity index (χ0) is 15.7. The van der Waals surface area contributed by atoms with Gasteiger partial charge < -0.3 is 10.1 Å². The van der Waals surface area contributed by atoms with Crippen LogP contribution in [0.5, 0.6) is 5.75 Å². The van der Waals surface area contributed by atoms with Crippen LogP contribution in [0.2, 0.25) is 0 Å². The predicted molar refractivity (Wildman–Crippen MR) is 90.0 cm³/mol. The fourth-order valence-corrected chi connectivity index (χ4v) is 3.28. The van der Waals surface area contributed by atoms with Gasteiger partial charge in [0, 0.05) is 17.5 Å². The molecule has 0 aromatic heterocycles. The van der Waals surface area contributed by atoms with E-state index < -0.39 is 0 Å². The summed E-state index contributed by atoms with van der Waals surface area (Å²) in [5.74, 6) is 2.58. The summed E-state index contributed by atoms with van der Waals surface area (Å²) in [7, 11) is 1.73. The van der Waals surface area contributed by atoms with Crippen molar-refractivity contribution in [3.05, 3.63) is 29.8 Å². The van der Waals surface area contributed by atoms with Gasteiger partial charge in [0.05, 0.1) is 7.11 Å². The summed E-state index contributed by atoms with van der Waals surface area (Å²) < 4.78 is 5.29. The summed E-state index contributed by atoms with van der Waals surface area (Å²) in [4.78, 5) is 0. The average molecular weight is 289 g/mol. The standard InChI is InChI=1S/C19H31NO/c1-14(2)15-11-19(12-15,13-20-18(3,4)5)16-7-9-17(21-6)10-8-16/h7-10,14-15,20H,11-13H2,1-6H3. The number of nitrogens with one attached hydrogen (secondary N) is 1. The molecule has 1 aliphatic carbocycles. The lowest BCUT2D eigenvalue weighted by Gasteiger charge is -2.51. The van der Waals surface area contributed by atoms with Crippen molar-refractivity contribution in [2.45, 2.75) is 58.4 Å². The molecular weight excluding hydrogens is 258 g/mol. The first-order valence-corrected chi connectivity index (χ1v) is 8.15. The number of benzene rings is 1. The van der Waals surface area contributed by atoms with E-state index in [4.69, 9.17) is 4.74 Å². The van der Waals surface area contributed by atoms with E-state index >= 15 is 0 Å². The Morgan fingerprint density at radius 1 is 1.19 bits per heavy atom. The van der Waals surface area contributed by atoms with Crippen LogP contribution >= 0.6 is 0 Å². The molecule has 0 spiro atoms. The molecule has 21 heavy (non-hydrogen) atoms. The zero-order valence-electron chi connectivity index (χ0n) is 14.5. The SMILES string of the molecule is COc1ccc(C2(CNC(C)(C)C)CC(C(C)C)C2)cc1. The van der Waals surface area contributed by atoms with Crippen molar-refractivity contribution in [3.8, 4) is 5.75 Å². The van der Waals surface area contributed by atoms with E-state index in [1.165, 1.54) is 18.4 Å². The first-order chi connectivity index (χ1) is 9.76. The van der Waals surface area contributed by atoms with Gasteiger partial charge in [-0.05, 0) is 63.1 Å². The molecule has 0 unspecified atom stereocenters. The van der Waals surface area contributed by atoms with Crippen LogP contribution in [0.1, 0.15) is 53.0 Å². The number of rotatable bonds is 5. The van der Waals surface area contributed by atoms with Gasteiger partial charge >= 0.3 is 0 Å². The minimum atomic E-state index is 0.169. The minimum absolute atomic E-state index is 0.169. The largest absolute Gasteiger partial charge is 0.497 e. The van der Waals surface area contributed by atoms with Gasteiger partial charge in [0.25, 0.3) is 0 Å². The fraction of sp³-hybridized carbons (Fsp3) is 0.684. The molecule has 2 nitrogen and oxygen atoms in total. The van der Waals surface area contributed by atoms with Crippen LogP contribution < -0.4 is 10.1 Å². The van der Waals surface area contributed by atoms with E-state index in [0.29, 0.717) is 5.41 Å². The van der Waals surface area contributed by atoms with E-state index in [2.05, 4.69) is 64.2 Å². The number of hydrogen-bond acceptors (Lipinski definition) is 2. The molecule has 2 rings (SSSR count). The Labute approximate surface area is 130 Å². The van der Waals surface area contributed by atoms with Crippen molar-refractivity contribution >= 4 is 0 Å². The number of hydrogen-bond donors (Lipinski definition) is 1. The average Bonchev–Trinajstić information content (AvgIpc) is 2.36. The highest BCUT2D eigenvalue weighted by Crippen LogP contribution is 2.50. The third-order valence-corrected chi connectivity index (χ3v) is 4.91. The lowest BCUT2D eigenvalue weighted by molar-refractivity contribution is 0.0912. The molecule has 0 bridgehead atoms. The quantitative estimate of drug-likeness (QED) is 0.868. The molecular formula is C19H31NO. The third kappa shape index (κ3) is 3.79. The molecule has 1 saturated carbocycles. The lowest BCUT2D eigenvalue weighted by Crippen LogP contribution is -2.53. The van der Waals surface area contributed by atoms with Gasteiger partial charge in [-0.15, -0.1) is 0 Å². The smallest absolute Gasteiger partial charge is 0.118 e. The van der Waals surface area contributed by atoms with E-state index in [1.54, 1.807) is 7.11 Å². The maximum atomic E-state index is 5.29. The minimum Gasteiger partial charge on any atom is -0.497 e. The maximum Gasteiger partial charge on any atom is 0.118 e. The first kappa shape index (κ1) is 16.4. The second-order valence-electron chi connectivity index (χ2n) is 8.02. The molecule has 0 radical (unpaired) electrons. The van der Waals surface area contributed by atoms with E-state index in [-0.39, 0.29) is 5.54 Å². The van der Waals surface area contributed by atoms with E-state index in [1.807, 2.05) is 0 Å². The summed E-state index contributed by atoms with van der Waals surface area (Å²) >= 11 is 0. The van der Waals surface area contributed by atoms with Gasteiger partial charge in [-0.3, -0.25) is 0 Å². The Hall–Kier alpha value is -1.02. The first-order valence-electron chi connectivity index (χ1n) is 8.15. The molecule has 2 heteroatoms. The van der Waals surface area contributed by atoms with Crippen molar-refractivity contribution in [1.29, 1.82) is 0 Å². The Balaban J connectivity index is 2.16. The molecule has 1 N–H and O–H groups in total. The highest BCUT2D eigenvalue weighted by Gasteiger charge is 2.46. The zero-order valence-corrected chi connectivity index (χ0v) is 14.5. The van der Waals surface area contributed by atoms with Gasteiger partial charge in [-0.1, -0.05) is 26.0 Å². The van der Waals surface area contributed by atoms with Crippen molar-refractivity contribution in [3.63, 3.8) is 0 Å². The van der Waals surface area contributed by atoms with Crippen LogP contribution in [0.3, 0.4) is 0 Å². The molecule has 1 aliphatic rings. The maximum absolute atomic E-state index is 5.29. The summed E-state index contributed by atoms with van der Waals surface area (Å²) in [6.45, 7) is 12.5. The predicted octanol–water partition coefficient (Wildman–Crippen LogP) is 4.39. The van der Waals surface area contributed by atoms with Gasteiger partial charge in [0.2, 0.25) is 0 Å². The van der Waals surface area contributed by atoms with E-state index in [9.17, 15) is 0 Å². The highest BCUT2D eigenvalue weighted by atomic mass is 16.5.